The van der Waals surface area contributed by atoms with Crippen molar-refractivity contribution in [2.24, 2.45) is 11.8 Å². The standard InChI is InChI=1S/C22H35F2N5O3/c1-28(22(4-5-22)11-32-2)21(31)19-14-10-29(6-3-16(14)26-27-19)20(30)18-9-13-15(24)7-12(23)8-17(13)25-18/h12-19,25-27H,3-11H2,1-2H3. The van der Waals surface area contributed by atoms with Gasteiger partial charge in [-0.3, -0.25) is 15.0 Å². The van der Waals surface area contributed by atoms with Crippen LogP contribution in [0.5, 0.6) is 0 Å². The van der Waals surface area contributed by atoms with E-state index in [1.54, 1.807) is 7.11 Å². The van der Waals surface area contributed by atoms with Gasteiger partial charge in [-0.15, -0.1) is 0 Å². The average Bonchev–Trinajstić information content (AvgIpc) is 3.23. The molecule has 3 heterocycles. The molecule has 2 amide bonds. The largest absolute Gasteiger partial charge is 0.382 e. The summed E-state index contributed by atoms with van der Waals surface area (Å²) in [5, 5.41) is 3.21. The van der Waals surface area contributed by atoms with Crippen LogP contribution in [0.1, 0.15) is 38.5 Å². The third-order valence-corrected chi connectivity index (χ3v) is 8.56. The van der Waals surface area contributed by atoms with Crippen molar-refractivity contribution < 1.29 is 23.1 Å². The van der Waals surface area contributed by atoms with Crippen LogP contribution in [0.25, 0.3) is 0 Å². The molecule has 5 aliphatic rings. The number of alkyl halides is 2. The molecule has 0 aromatic heterocycles. The number of likely N-dealkylation sites (N-methyl/N-ethyl adjacent to an activating group) is 1. The number of methoxy groups -OCH3 is 1. The Morgan fingerprint density at radius 1 is 1.12 bits per heavy atom. The first-order valence-corrected chi connectivity index (χ1v) is 11.9. The van der Waals surface area contributed by atoms with Crippen LogP contribution in [0.4, 0.5) is 8.78 Å². The molecule has 0 aromatic rings. The SMILES string of the molecule is COCC1(N(C)C(=O)C2NNC3CCN(C(=O)C4CC5C(F)CC(F)CC5N4)CC32)CC1. The van der Waals surface area contributed by atoms with Gasteiger partial charge in [-0.2, -0.15) is 0 Å². The molecule has 3 N–H and O–H groups in total. The maximum absolute atomic E-state index is 14.3. The van der Waals surface area contributed by atoms with Gasteiger partial charge in [0.2, 0.25) is 11.8 Å². The number of fused-ring (bicyclic) bond motifs is 2. The Balaban J connectivity index is 1.23. The molecule has 180 valence electrons. The van der Waals surface area contributed by atoms with Gasteiger partial charge in [0.05, 0.1) is 18.2 Å². The van der Waals surface area contributed by atoms with E-state index in [2.05, 4.69) is 16.2 Å². The Morgan fingerprint density at radius 2 is 1.91 bits per heavy atom. The number of carbonyl (C=O) groups excluding carboxylic acids is 2. The molecule has 5 rings (SSSR count). The highest BCUT2D eigenvalue weighted by Gasteiger charge is 2.53. The summed E-state index contributed by atoms with van der Waals surface area (Å²) in [6, 6.07) is -1.02. The molecule has 32 heavy (non-hydrogen) atoms. The number of hydrogen-bond acceptors (Lipinski definition) is 6. The lowest BCUT2D eigenvalue weighted by Crippen LogP contribution is -2.56. The lowest BCUT2D eigenvalue weighted by Gasteiger charge is -2.38. The van der Waals surface area contributed by atoms with E-state index in [9.17, 15) is 18.4 Å². The van der Waals surface area contributed by atoms with E-state index in [-0.39, 0.29) is 54.1 Å². The first-order valence-electron chi connectivity index (χ1n) is 11.9. The Morgan fingerprint density at radius 3 is 2.62 bits per heavy atom. The van der Waals surface area contributed by atoms with Crippen LogP contribution in [0, 0.1) is 11.8 Å². The number of piperidine rings is 1. The fourth-order valence-corrected chi connectivity index (χ4v) is 6.39. The minimum atomic E-state index is -1.19. The molecule has 5 fully saturated rings. The minimum Gasteiger partial charge on any atom is -0.382 e. The number of ether oxygens (including phenoxy) is 1. The smallest absolute Gasteiger partial charge is 0.241 e. The maximum atomic E-state index is 14.3. The average molecular weight is 456 g/mol. The van der Waals surface area contributed by atoms with Gasteiger partial charge in [0.25, 0.3) is 0 Å². The van der Waals surface area contributed by atoms with Crippen molar-refractivity contribution >= 4 is 11.8 Å². The van der Waals surface area contributed by atoms with Gasteiger partial charge < -0.3 is 19.9 Å². The third kappa shape index (κ3) is 3.82. The number of rotatable bonds is 5. The van der Waals surface area contributed by atoms with Gasteiger partial charge in [0.15, 0.2) is 0 Å². The molecule has 8 unspecified atom stereocenters. The molecular formula is C22H35F2N5O3. The molecule has 0 bridgehead atoms. The van der Waals surface area contributed by atoms with E-state index in [1.165, 1.54) is 0 Å². The molecule has 2 saturated carbocycles. The van der Waals surface area contributed by atoms with Gasteiger partial charge in [0, 0.05) is 57.6 Å². The fraction of sp³-hybridized carbons (Fsp3) is 0.909. The predicted octanol–water partition coefficient (Wildman–Crippen LogP) is 0.134. The Bertz CT molecular complexity index is 753. The highest BCUT2D eigenvalue weighted by Crippen LogP contribution is 2.42. The predicted molar refractivity (Wildman–Crippen MR) is 113 cm³/mol. The van der Waals surface area contributed by atoms with E-state index >= 15 is 0 Å². The van der Waals surface area contributed by atoms with E-state index in [0.29, 0.717) is 26.1 Å². The minimum absolute atomic E-state index is 0.0214. The van der Waals surface area contributed by atoms with Crippen molar-refractivity contribution in [3.05, 3.63) is 0 Å². The molecule has 8 nitrogen and oxygen atoms in total. The number of carbonyl (C=O) groups is 2. The zero-order chi connectivity index (χ0) is 22.6. The van der Waals surface area contributed by atoms with Crippen molar-refractivity contribution in [2.75, 3.05) is 33.9 Å². The van der Waals surface area contributed by atoms with Gasteiger partial charge in [-0.25, -0.2) is 14.2 Å². The van der Waals surface area contributed by atoms with E-state index in [1.807, 2.05) is 16.8 Å². The van der Waals surface area contributed by atoms with Crippen LogP contribution in [0.3, 0.4) is 0 Å². The lowest BCUT2D eigenvalue weighted by molar-refractivity contribution is -0.140. The Labute approximate surface area is 187 Å². The van der Waals surface area contributed by atoms with Gasteiger partial charge >= 0.3 is 0 Å². The normalized spacial score (nSPS) is 42.3. The monoisotopic (exact) mass is 455 g/mol. The molecule has 0 radical (unpaired) electrons. The number of halogens is 2. The summed E-state index contributed by atoms with van der Waals surface area (Å²) in [4.78, 5) is 30.2. The summed E-state index contributed by atoms with van der Waals surface area (Å²) < 4.78 is 33.5. The molecule has 8 atom stereocenters. The Kier molecular flexibility index (Phi) is 5.92. The summed E-state index contributed by atoms with van der Waals surface area (Å²) in [6.07, 6.45) is 0.926. The first kappa shape index (κ1) is 22.4. The number of nitrogens with one attached hydrogen (secondary N) is 3. The van der Waals surface area contributed by atoms with Gasteiger partial charge in [-0.1, -0.05) is 0 Å². The van der Waals surface area contributed by atoms with Gasteiger partial charge in [0.1, 0.15) is 18.4 Å². The second-order valence-corrected chi connectivity index (χ2v) is 10.5. The van der Waals surface area contributed by atoms with E-state index in [4.69, 9.17) is 4.74 Å². The first-order chi connectivity index (χ1) is 15.3. The molecule has 2 aliphatic carbocycles. The summed E-state index contributed by atoms with van der Waals surface area (Å²) in [5.74, 6) is -0.353. The van der Waals surface area contributed by atoms with Crippen LogP contribution >= 0.6 is 0 Å². The number of nitrogens with zero attached hydrogens (tertiary/aromatic N) is 2. The summed E-state index contributed by atoms with van der Waals surface area (Å²) in [7, 11) is 3.49. The highest BCUT2D eigenvalue weighted by atomic mass is 19.1. The molecule has 3 saturated heterocycles. The topological polar surface area (TPSA) is 85.9 Å². The van der Waals surface area contributed by atoms with Crippen LogP contribution in [0.2, 0.25) is 0 Å². The van der Waals surface area contributed by atoms with Crippen LogP contribution < -0.4 is 16.2 Å². The number of amides is 2. The second kappa shape index (κ2) is 8.45. The summed E-state index contributed by atoms with van der Waals surface area (Å²) in [5.41, 5.74) is 6.22. The number of hydrazine groups is 1. The maximum Gasteiger partial charge on any atom is 0.241 e. The van der Waals surface area contributed by atoms with Crippen molar-refractivity contribution in [3.63, 3.8) is 0 Å². The quantitative estimate of drug-likeness (QED) is 0.547. The van der Waals surface area contributed by atoms with Crippen molar-refractivity contribution in [2.45, 2.75) is 80.6 Å². The van der Waals surface area contributed by atoms with E-state index in [0.717, 1.165) is 19.3 Å². The van der Waals surface area contributed by atoms with Crippen LogP contribution in [0.15, 0.2) is 0 Å². The van der Waals surface area contributed by atoms with Crippen molar-refractivity contribution in [1.29, 1.82) is 0 Å². The fourth-order valence-electron chi connectivity index (χ4n) is 6.39. The zero-order valence-corrected chi connectivity index (χ0v) is 18.9. The summed E-state index contributed by atoms with van der Waals surface area (Å²) >= 11 is 0. The van der Waals surface area contributed by atoms with Crippen LogP contribution in [-0.4, -0.2) is 97.5 Å². The van der Waals surface area contributed by atoms with Crippen molar-refractivity contribution in [3.8, 4) is 0 Å². The van der Waals surface area contributed by atoms with Crippen molar-refractivity contribution in [1.82, 2.24) is 26.0 Å². The van der Waals surface area contributed by atoms with E-state index < -0.39 is 24.4 Å². The Hall–Kier alpha value is -1.36. The zero-order valence-electron chi connectivity index (χ0n) is 18.9. The molecule has 0 aromatic carbocycles. The molecule has 10 heteroatoms. The number of hydrogen-bond donors (Lipinski definition) is 3. The van der Waals surface area contributed by atoms with Gasteiger partial charge in [-0.05, 0) is 32.1 Å². The second-order valence-electron chi connectivity index (χ2n) is 10.5. The lowest BCUT2D eigenvalue weighted by atomic mass is 9.82. The number of likely N-dealkylation sites (tertiary alicyclic amines) is 1. The summed E-state index contributed by atoms with van der Waals surface area (Å²) in [6.45, 7) is 1.60. The molecule has 3 aliphatic heterocycles. The molecular weight excluding hydrogens is 420 g/mol. The van der Waals surface area contributed by atoms with Crippen LogP contribution in [-0.2, 0) is 14.3 Å². The third-order valence-electron chi connectivity index (χ3n) is 8.56. The highest BCUT2D eigenvalue weighted by molar-refractivity contribution is 5.85. The molecule has 0 spiro atoms.